The van der Waals surface area contributed by atoms with Crippen molar-refractivity contribution in [2.24, 2.45) is 5.92 Å². The fourth-order valence-corrected chi connectivity index (χ4v) is 2.53. The molecule has 1 aliphatic rings. The van der Waals surface area contributed by atoms with Crippen LogP contribution >= 0.6 is 0 Å². The standard InChI is InChI=1S/C14H22N2/c1-11-4-3-7-16(9-11)10-13-8-14(15)6-5-12(13)2/h5-6,8,11H,3-4,7,9-10,15H2,1-2H3. The van der Waals surface area contributed by atoms with E-state index in [-0.39, 0.29) is 0 Å². The molecule has 0 amide bonds. The van der Waals surface area contributed by atoms with Crippen molar-refractivity contribution in [3.05, 3.63) is 29.3 Å². The molecule has 1 aromatic rings. The highest BCUT2D eigenvalue weighted by molar-refractivity contribution is 5.44. The highest BCUT2D eigenvalue weighted by Crippen LogP contribution is 2.20. The zero-order chi connectivity index (χ0) is 11.5. The van der Waals surface area contributed by atoms with Gasteiger partial charge in [-0.3, -0.25) is 4.90 Å². The van der Waals surface area contributed by atoms with Crippen molar-refractivity contribution in [3.63, 3.8) is 0 Å². The summed E-state index contributed by atoms with van der Waals surface area (Å²) in [6.45, 7) is 8.04. The molecule has 0 saturated carbocycles. The van der Waals surface area contributed by atoms with Gasteiger partial charge in [0, 0.05) is 18.8 Å². The molecule has 1 heterocycles. The molecule has 2 nitrogen and oxygen atoms in total. The van der Waals surface area contributed by atoms with Gasteiger partial charge in [-0.25, -0.2) is 0 Å². The first-order valence-corrected chi connectivity index (χ1v) is 6.22. The van der Waals surface area contributed by atoms with Gasteiger partial charge >= 0.3 is 0 Å². The number of nitrogen functional groups attached to an aromatic ring is 1. The van der Waals surface area contributed by atoms with Gasteiger partial charge in [-0.1, -0.05) is 13.0 Å². The first-order valence-electron chi connectivity index (χ1n) is 6.22. The summed E-state index contributed by atoms with van der Waals surface area (Å²) in [5.41, 5.74) is 9.46. The summed E-state index contributed by atoms with van der Waals surface area (Å²) < 4.78 is 0. The lowest BCUT2D eigenvalue weighted by molar-refractivity contribution is 0.176. The van der Waals surface area contributed by atoms with E-state index in [2.05, 4.69) is 30.9 Å². The smallest absolute Gasteiger partial charge is 0.0317 e. The number of nitrogens with two attached hydrogens (primary N) is 1. The van der Waals surface area contributed by atoms with Gasteiger partial charge in [0.25, 0.3) is 0 Å². The lowest BCUT2D eigenvalue weighted by atomic mass is 9.99. The molecule has 0 aliphatic carbocycles. The average molecular weight is 218 g/mol. The minimum Gasteiger partial charge on any atom is -0.399 e. The first-order chi connectivity index (χ1) is 7.65. The molecule has 2 N–H and O–H groups in total. The van der Waals surface area contributed by atoms with Crippen LogP contribution in [0, 0.1) is 12.8 Å². The van der Waals surface area contributed by atoms with Crippen LogP contribution in [-0.2, 0) is 6.54 Å². The topological polar surface area (TPSA) is 29.3 Å². The third kappa shape index (κ3) is 2.76. The summed E-state index contributed by atoms with van der Waals surface area (Å²) >= 11 is 0. The van der Waals surface area contributed by atoms with Gasteiger partial charge in [-0.2, -0.15) is 0 Å². The van der Waals surface area contributed by atoms with Crippen molar-refractivity contribution in [2.75, 3.05) is 18.8 Å². The van der Waals surface area contributed by atoms with Crippen LogP contribution in [0.1, 0.15) is 30.9 Å². The number of hydrogen-bond acceptors (Lipinski definition) is 2. The fourth-order valence-electron chi connectivity index (χ4n) is 2.53. The molecule has 1 fully saturated rings. The Morgan fingerprint density at radius 1 is 1.44 bits per heavy atom. The SMILES string of the molecule is Cc1ccc(N)cc1CN1CCCC(C)C1. The summed E-state index contributed by atoms with van der Waals surface area (Å²) in [6.07, 6.45) is 2.72. The molecule has 1 aromatic carbocycles. The molecule has 1 unspecified atom stereocenters. The maximum atomic E-state index is 5.84. The van der Waals surface area contributed by atoms with E-state index >= 15 is 0 Å². The molecule has 1 saturated heterocycles. The molecule has 2 heteroatoms. The van der Waals surface area contributed by atoms with Crippen molar-refractivity contribution >= 4 is 5.69 Å². The molecular formula is C14H22N2. The zero-order valence-corrected chi connectivity index (χ0v) is 10.4. The van der Waals surface area contributed by atoms with Crippen LogP contribution in [0.4, 0.5) is 5.69 Å². The van der Waals surface area contributed by atoms with Gasteiger partial charge in [0.05, 0.1) is 0 Å². The molecule has 1 atom stereocenters. The summed E-state index contributed by atoms with van der Waals surface area (Å²) in [5, 5.41) is 0. The van der Waals surface area contributed by atoms with E-state index in [0.717, 1.165) is 18.2 Å². The second kappa shape index (κ2) is 4.88. The van der Waals surface area contributed by atoms with Crippen LogP contribution in [0.15, 0.2) is 18.2 Å². The van der Waals surface area contributed by atoms with Gasteiger partial charge in [-0.15, -0.1) is 0 Å². The van der Waals surface area contributed by atoms with E-state index in [1.807, 2.05) is 6.07 Å². The van der Waals surface area contributed by atoms with E-state index in [0.29, 0.717) is 0 Å². The number of aryl methyl sites for hydroxylation is 1. The van der Waals surface area contributed by atoms with Crippen molar-refractivity contribution in [1.29, 1.82) is 0 Å². The highest BCUT2D eigenvalue weighted by Gasteiger charge is 2.16. The van der Waals surface area contributed by atoms with Gasteiger partial charge in [0.1, 0.15) is 0 Å². The molecule has 2 rings (SSSR count). The number of anilines is 1. The fraction of sp³-hybridized carbons (Fsp3) is 0.571. The lowest BCUT2D eigenvalue weighted by Gasteiger charge is -2.31. The van der Waals surface area contributed by atoms with Crippen molar-refractivity contribution in [3.8, 4) is 0 Å². The van der Waals surface area contributed by atoms with Gasteiger partial charge in [0.15, 0.2) is 0 Å². The van der Waals surface area contributed by atoms with Crippen molar-refractivity contribution < 1.29 is 0 Å². The van der Waals surface area contributed by atoms with E-state index in [9.17, 15) is 0 Å². The second-order valence-electron chi connectivity index (χ2n) is 5.17. The Balaban J connectivity index is 2.05. The number of likely N-dealkylation sites (tertiary alicyclic amines) is 1. The van der Waals surface area contributed by atoms with Gasteiger partial charge in [0.2, 0.25) is 0 Å². The van der Waals surface area contributed by atoms with Crippen molar-refractivity contribution in [1.82, 2.24) is 4.90 Å². The number of nitrogens with zero attached hydrogens (tertiary/aromatic N) is 1. The Labute approximate surface area is 98.4 Å². The molecule has 0 bridgehead atoms. The quantitative estimate of drug-likeness (QED) is 0.773. The van der Waals surface area contributed by atoms with E-state index in [4.69, 9.17) is 5.73 Å². The monoisotopic (exact) mass is 218 g/mol. The van der Waals surface area contributed by atoms with Gasteiger partial charge < -0.3 is 5.73 Å². The minimum absolute atomic E-state index is 0.843. The Morgan fingerprint density at radius 2 is 2.25 bits per heavy atom. The lowest BCUT2D eigenvalue weighted by Crippen LogP contribution is -2.33. The molecular weight excluding hydrogens is 196 g/mol. The molecule has 88 valence electrons. The number of rotatable bonds is 2. The van der Waals surface area contributed by atoms with Gasteiger partial charge in [-0.05, 0) is 55.5 Å². The van der Waals surface area contributed by atoms with Crippen LogP contribution in [0.5, 0.6) is 0 Å². The van der Waals surface area contributed by atoms with E-state index in [1.165, 1.54) is 37.1 Å². The Kier molecular flexibility index (Phi) is 3.49. The molecule has 0 spiro atoms. The maximum Gasteiger partial charge on any atom is 0.0317 e. The minimum atomic E-state index is 0.843. The van der Waals surface area contributed by atoms with Crippen LogP contribution < -0.4 is 5.73 Å². The second-order valence-corrected chi connectivity index (χ2v) is 5.17. The normalized spacial score (nSPS) is 22.2. The van der Waals surface area contributed by atoms with Crippen LogP contribution in [0.3, 0.4) is 0 Å². The third-order valence-corrected chi connectivity index (χ3v) is 3.51. The zero-order valence-electron chi connectivity index (χ0n) is 10.4. The predicted molar refractivity (Wildman–Crippen MR) is 69.3 cm³/mol. The largest absolute Gasteiger partial charge is 0.399 e. The van der Waals surface area contributed by atoms with Crippen LogP contribution in [0.25, 0.3) is 0 Å². The summed E-state index contributed by atoms with van der Waals surface area (Å²) in [6, 6.07) is 6.23. The van der Waals surface area contributed by atoms with E-state index < -0.39 is 0 Å². The van der Waals surface area contributed by atoms with Crippen molar-refractivity contribution in [2.45, 2.75) is 33.2 Å². The summed E-state index contributed by atoms with van der Waals surface area (Å²) in [5.74, 6) is 0.843. The maximum absolute atomic E-state index is 5.84. The van der Waals surface area contributed by atoms with Crippen LogP contribution in [-0.4, -0.2) is 18.0 Å². The molecule has 1 aliphatic heterocycles. The first kappa shape index (κ1) is 11.5. The highest BCUT2D eigenvalue weighted by atomic mass is 15.1. The van der Waals surface area contributed by atoms with Crippen LogP contribution in [0.2, 0.25) is 0 Å². The number of hydrogen-bond donors (Lipinski definition) is 1. The Morgan fingerprint density at radius 3 is 3.00 bits per heavy atom. The Bertz CT molecular complexity index is 360. The summed E-state index contributed by atoms with van der Waals surface area (Å²) in [7, 11) is 0. The number of benzene rings is 1. The average Bonchev–Trinajstić information content (AvgIpc) is 2.24. The predicted octanol–water partition coefficient (Wildman–Crippen LogP) is 2.81. The molecule has 0 aromatic heterocycles. The Hall–Kier alpha value is -1.02. The third-order valence-electron chi connectivity index (χ3n) is 3.51. The number of piperidine rings is 1. The molecule has 16 heavy (non-hydrogen) atoms. The molecule has 0 radical (unpaired) electrons. The summed E-state index contributed by atoms with van der Waals surface area (Å²) in [4.78, 5) is 2.55. The van der Waals surface area contributed by atoms with E-state index in [1.54, 1.807) is 0 Å².